The lowest BCUT2D eigenvalue weighted by Crippen LogP contribution is -2.34. The summed E-state index contributed by atoms with van der Waals surface area (Å²) < 4.78 is 1.34. The van der Waals surface area contributed by atoms with E-state index in [0.29, 0.717) is 25.1 Å². The van der Waals surface area contributed by atoms with Crippen molar-refractivity contribution in [3.05, 3.63) is 28.2 Å². The van der Waals surface area contributed by atoms with Gasteiger partial charge in [0.05, 0.1) is 5.56 Å². The van der Waals surface area contributed by atoms with Crippen LogP contribution in [0.15, 0.2) is 17.1 Å². The molecular weight excluding hydrogens is 306 g/mol. The van der Waals surface area contributed by atoms with Crippen LogP contribution in [0.5, 0.6) is 0 Å². The summed E-state index contributed by atoms with van der Waals surface area (Å²) >= 11 is 0. The summed E-state index contributed by atoms with van der Waals surface area (Å²) in [7, 11) is 1.58. The second-order valence-electron chi connectivity index (χ2n) is 6.50. The van der Waals surface area contributed by atoms with Crippen molar-refractivity contribution in [1.82, 2.24) is 9.47 Å². The van der Waals surface area contributed by atoms with Crippen LogP contribution in [0.2, 0.25) is 0 Å². The van der Waals surface area contributed by atoms with Gasteiger partial charge in [0.2, 0.25) is 5.91 Å². The van der Waals surface area contributed by atoms with Crippen molar-refractivity contribution in [3.8, 4) is 0 Å². The van der Waals surface area contributed by atoms with Crippen LogP contribution in [0.3, 0.4) is 0 Å². The highest BCUT2D eigenvalue weighted by Crippen LogP contribution is 2.11. The molecule has 0 fully saturated rings. The molecule has 0 atom stereocenters. The predicted octanol–water partition coefficient (Wildman–Crippen LogP) is 2.63. The van der Waals surface area contributed by atoms with Gasteiger partial charge in [0.1, 0.15) is 5.69 Å². The third kappa shape index (κ3) is 5.51. The van der Waals surface area contributed by atoms with Crippen LogP contribution in [0.25, 0.3) is 0 Å². The van der Waals surface area contributed by atoms with E-state index in [1.165, 1.54) is 16.8 Å². The van der Waals surface area contributed by atoms with E-state index in [-0.39, 0.29) is 29.0 Å². The number of anilines is 1. The van der Waals surface area contributed by atoms with E-state index in [1.54, 1.807) is 11.9 Å². The van der Waals surface area contributed by atoms with Gasteiger partial charge in [0, 0.05) is 32.8 Å². The van der Waals surface area contributed by atoms with E-state index >= 15 is 0 Å². The summed E-state index contributed by atoms with van der Waals surface area (Å²) in [6, 6.07) is 1.49. The minimum absolute atomic E-state index is 0.117. The smallest absolute Gasteiger partial charge is 0.274 e. The Balaban J connectivity index is 3.11. The van der Waals surface area contributed by atoms with E-state index in [0.717, 1.165) is 12.8 Å². The number of hydrogen-bond acceptors (Lipinski definition) is 3. The molecule has 0 bridgehead atoms. The lowest BCUT2D eigenvalue weighted by atomic mass is 10.1. The van der Waals surface area contributed by atoms with Gasteiger partial charge >= 0.3 is 0 Å². The third-order valence-electron chi connectivity index (χ3n) is 3.57. The Labute approximate surface area is 143 Å². The Hall–Kier alpha value is -2.11. The Morgan fingerprint density at radius 1 is 1.21 bits per heavy atom. The molecule has 0 aliphatic rings. The van der Waals surface area contributed by atoms with Crippen LogP contribution in [-0.2, 0) is 11.8 Å². The second-order valence-corrected chi connectivity index (χ2v) is 6.50. The highest BCUT2D eigenvalue weighted by molar-refractivity contribution is 5.96. The zero-order valence-corrected chi connectivity index (χ0v) is 15.4. The summed E-state index contributed by atoms with van der Waals surface area (Å²) in [6.45, 7) is 9.26. The zero-order valence-electron chi connectivity index (χ0n) is 15.4. The van der Waals surface area contributed by atoms with Gasteiger partial charge < -0.3 is 14.8 Å². The number of amides is 2. The van der Waals surface area contributed by atoms with Crippen LogP contribution in [0.4, 0.5) is 5.69 Å². The van der Waals surface area contributed by atoms with Gasteiger partial charge in [-0.25, -0.2) is 0 Å². The van der Waals surface area contributed by atoms with Crippen molar-refractivity contribution in [2.24, 2.45) is 13.0 Å². The summed E-state index contributed by atoms with van der Waals surface area (Å²) in [6.07, 6.45) is 3.60. The molecule has 1 aromatic heterocycles. The standard InChI is InChI=1S/C18H29N3O3/c1-6-8-21(9-7-2)17(23)14-11-15(18(24)20(5)12-14)19-16(22)10-13(3)4/h11-13H,6-10H2,1-5H3,(H,19,22). The molecule has 0 aromatic carbocycles. The molecule has 2 amide bonds. The third-order valence-corrected chi connectivity index (χ3v) is 3.57. The maximum atomic E-state index is 12.7. The monoisotopic (exact) mass is 335 g/mol. The lowest BCUT2D eigenvalue weighted by molar-refractivity contribution is -0.116. The molecule has 24 heavy (non-hydrogen) atoms. The fourth-order valence-electron chi connectivity index (χ4n) is 2.53. The molecule has 0 aliphatic heterocycles. The van der Waals surface area contributed by atoms with Gasteiger partial charge in [-0.15, -0.1) is 0 Å². The minimum Gasteiger partial charge on any atom is -0.339 e. The number of hydrogen-bond donors (Lipinski definition) is 1. The zero-order chi connectivity index (χ0) is 18.3. The molecule has 0 saturated heterocycles. The summed E-state index contributed by atoms with van der Waals surface area (Å²) in [5, 5.41) is 2.64. The van der Waals surface area contributed by atoms with Gasteiger partial charge in [0.15, 0.2) is 0 Å². The van der Waals surface area contributed by atoms with Gasteiger partial charge in [-0.2, -0.15) is 0 Å². The summed E-state index contributed by atoms with van der Waals surface area (Å²) in [5.41, 5.74) is 0.252. The molecule has 0 spiro atoms. The number of aryl methyl sites for hydroxylation is 1. The first-order valence-electron chi connectivity index (χ1n) is 8.59. The van der Waals surface area contributed by atoms with E-state index in [4.69, 9.17) is 0 Å². The van der Waals surface area contributed by atoms with Crippen LogP contribution >= 0.6 is 0 Å². The average molecular weight is 335 g/mol. The molecule has 6 nitrogen and oxygen atoms in total. The Morgan fingerprint density at radius 3 is 2.29 bits per heavy atom. The predicted molar refractivity (Wildman–Crippen MR) is 96.3 cm³/mol. The van der Waals surface area contributed by atoms with Crippen molar-refractivity contribution in [1.29, 1.82) is 0 Å². The van der Waals surface area contributed by atoms with Crippen LogP contribution in [0.1, 0.15) is 57.3 Å². The summed E-state index contributed by atoms with van der Waals surface area (Å²) in [5.74, 6) is -0.136. The molecule has 1 aromatic rings. The normalized spacial score (nSPS) is 10.8. The summed E-state index contributed by atoms with van der Waals surface area (Å²) in [4.78, 5) is 38.6. The molecule has 134 valence electrons. The molecule has 1 rings (SSSR count). The van der Waals surface area contributed by atoms with E-state index in [2.05, 4.69) is 5.32 Å². The molecule has 6 heteroatoms. The number of nitrogens with one attached hydrogen (secondary N) is 1. The quantitative estimate of drug-likeness (QED) is 0.794. The Bertz CT molecular complexity index is 629. The number of carbonyl (C=O) groups is 2. The van der Waals surface area contributed by atoms with Crippen molar-refractivity contribution in [3.63, 3.8) is 0 Å². The SMILES string of the molecule is CCCN(CCC)C(=O)c1cc(NC(=O)CC(C)C)c(=O)n(C)c1. The molecular formula is C18H29N3O3. The molecule has 1 heterocycles. The maximum Gasteiger partial charge on any atom is 0.274 e. The molecule has 0 radical (unpaired) electrons. The van der Waals surface area contributed by atoms with Gasteiger partial charge in [-0.1, -0.05) is 27.7 Å². The topological polar surface area (TPSA) is 71.4 Å². The number of carbonyl (C=O) groups excluding carboxylic acids is 2. The lowest BCUT2D eigenvalue weighted by Gasteiger charge is -2.22. The van der Waals surface area contributed by atoms with Crippen LogP contribution in [0, 0.1) is 5.92 Å². The van der Waals surface area contributed by atoms with E-state index < -0.39 is 0 Å². The van der Waals surface area contributed by atoms with Crippen LogP contribution < -0.4 is 10.9 Å². The molecule has 0 saturated carbocycles. The average Bonchev–Trinajstić information content (AvgIpc) is 2.49. The first-order chi connectivity index (χ1) is 11.3. The number of aromatic nitrogens is 1. The van der Waals surface area contributed by atoms with Gasteiger partial charge in [-0.05, 0) is 24.8 Å². The van der Waals surface area contributed by atoms with Crippen molar-refractivity contribution in [2.45, 2.75) is 47.0 Å². The largest absolute Gasteiger partial charge is 0.339 e. The first-order valence-corrected chi connectivity index (χ1v) is 8.59. The Morgan fingerprint density at radius 2 is 1.79 bits per heavy atom. The van der Waals surface area contributed by atoms with Crippen molar-refractivity contribution >= 4 is 17.5 Å². The fraction of sp³-hybridized carbons (Fsp3) is 0.611. The van der Waals surface area contributed by atoms with Crippen LogP contribution in [-0.4, -0.2) is 34.4 Å². The van der Waals surface area contributed by atoms with Crippen molar-refractivity contribution in [2.75, 3.05) is 18.4 Å². The highest BCUT2D eigenvalue weighted by atomic mass is 16.2. The maximum absolute atomic E-state index is 12.7. The Kier molecular flexibility index (Phi) is 7.68. The number of pyridine rings is 1. The number of nitrogens with zero attached hydrogens (tertiary/aromatic N) is 2. The minimum atomic E-state index is -0.318. The van der Waals surface area contributed by atoms with E-state index in [9.17, 15) is 14.4 Å². The van der Waals surface area contributed by atoms with Crippen molar-refractivity contribution < 1.29 is 9.59 Å². The fourth-order valence-corrected chi connectivity index (χ4v) is 2.53. The molecule has 0 unspecified atom stereocenters. The van der Waals surface area contributed by atoms with Gasteiger partial charge in [0.25, 0.3) is 11.5 Å². The second kappa shape index (κ2) is 9.25. The highest BCUT2D eigenvalue weighted by Gasteiger charge is 2.18. The van der Waals surface area contributed by atoms with E-state index in [1.807, 2.05) is 27.7 Å². The van der Waals surface area contributed by atoms with Gasteiger partial charge in [-0.3, -0.25) is 14.4 Å². The molecule has 1 N–H and O–H groups in total. The number of rotatable bonds is 8. The first kappa shape index (κ1) is 19.9. The molecule has 0 aliphatic carbocycles.